The second-order valence-electron chi connectivity index (χ2n) is 11.0. The lowest BCUT2D eigenvalue weighted by molar-refractivity contribution is 0.910. The molecule has 8 aromatic rings. The Morgan fingerprint density at radius 2 is 1.32 bits per heavy atom. The Kier molecular flexibility index (Phi) is 6.55. The van der Waals surface area contributed by atoms with Gasteiger partial charge in [0.15, 0.2) is 0 Å². The second-order valence-corrected chi connectivity index (χ2v) is 12.1. The third-order valence-corrected chi connectivity index (χ3v) is 9.57. The summed E-state index contributed by atoms with van der Waals surface area (Å²) in [7, 11) is 0. The zero-order chi connectivity index (χ0) is 29.5. The highest BCUT2D eigenvalue weighted by molar-refractivity contribution is 7.26. The number of thiophene rings is 1. The van der Waals surface area contributed by atoms with E-state index in [1.54, 1.807) is 0 Å². The van der Waals surface area contributed by atoms with Crippen molar-refractivity contribution in [3.05, 3.63) is 163 Å². The Hall–Kier alpha value is -5.45. The summed E-state index contributed by atoms with van der Waals surface area (Å²) in [5.41, 5.74) is 14.1. The number of hydrogen-bond donors (Lipinski definition) is 1. The van der Waals surface area contributed by atoms with Gasteiger partial charge in [0.25, 0.3) is 0 Å². The van der Waals surface area contributed by atoms with Crippen LogP contribution in [0.1, 0.15) is 17.2 Å². The van der Waals surface area contributed by atoms with Crippen LogP contribution in [0, 0.1) is 0 Å². The summed E-state index contributed by atoms with van der Waals surface area (Å²) in [6, 6.07) is 50.9. The lowest BCUT2D eigenvalue weighted by atomic mass is 10.0. The Balaban J connectivity index is 1.26. The molecule has 0 amide bonds. The molecular weight excluding hydrogens is 555 g/mol. The number of fused-ring (bicyclic) bond motifs is 6. The number of para-hydroxylation sites is 1. The van der Waals surface area contributed by atoms with Crippen molar-refractivity contribution in [3.8, 4) is 11.1 Å². The molecule has 0 saturated carbocycles. The van der Waals surface area contributed by atoms with Crippen molar-refractivity contribution in [2.45, 2.75) is 6.04 Å². The molecule has 44 heavy (non-hydrogen) atoms. The molecule has 1 atom stereocenters. The van der Waals surface area contributed by atoms with Crippen molar-refractivity contribution in [2.24, 2.45) is 10.7 Å². The number of benzene rings is 6. The maximum absolute atomic E-state index is 6.58. The van der Waals surface area contributed by atoms with Crippen molar-refractivity contribution in [1.82, 2.24) is 4.57 Å². The predicted octanol–water partition coefficient (Wildman–Crippen LogP) is 10.4. The van der Waals surface area contributed by atoms with Gasteiger partial charge in [-0.2, -0.15) is 0 Å². The smallest absolute Gasteiger partial charge is 0.0970 e. The zero-order valence-corrected chi connectivity index (χ0v) is 24.8. The van der Waals surface area contributed by atoms with Crippen molar-refractivity contribution >= 4 is 65.4 Å². The van der Waals surface area contributed by atoms with E-state index in [2.05, 4.69) is 102 Å². The minimum Gasteiger partial charge on any atom is -0.398 e. The summed E-state index contributed by atoms with van der Waals surface area (Å²) in [4.78, 5) is 5.13. The van der Waals surface area contributed by atoms with E-state index in [9.17, 15) is 0 Å². The SMILES string of the molecule is N/C(=C\C(/N=C/n1c2ccccc2c2cc(-c3cccc4c3sc3ccccc34)ccc21)c1ccccc1)c1ccccc1. The van der Waals surface area contributed by atoms with Crippen LogP contribution in [0.4, 0.5) is 0 Å². The molecule has 2 heterocycles. The molecular formula is C40H29N3S. The van der Waals surface area contributed by atoms with Gasteiger partial charge in [-0.05, 0) is 52.6 Å². The average Bonchev–Trinajstić information content (AvgIpc) is 3.62. The van der Waals surface area contributed by atoms with Crippen LogP contribution in [0.2, 0.25) is 0 Å². The summed E-state index contributed by atoms with van der Waals surface area (Å²) in [5.74, 6) is 0. The topological polar surface area (TPSA) is 43.3 Å². The molecule has 0 radical (unpaired) electrons. The Morgan fingerprint density at radius 1 is 0.636 bits per heavy atom. The maximum atomic E-state index is 6.58. The second kappa shape index (κ2) is 11.0. The normalized spacial score (nSPS) is 13.0. The molecule has 6 aromatic carbocycles. The predicted molar refractivity (Wildman–Crippen MR) is 189 cm³/mol. The molecule has 0 fully saturated rings. The van der Waals surface area contributed by atoms with Gasteiger partial charge in [0.05, 0.1) is 23.4 Å². The first-order valence-electron chi connectivity index (χ1n) is 14.8. The first-order chi connectivity index (χ1) is 21.7. The molecule has 1 unspecified atom stereocenters. The lowest BCUT2D eigenvalue weighted by Crippen LogP contribution is -2.03. The average molecular weight is 584 g/mol. The largest absolute Gasteiger partial charge is 0.398 e. The van der Waals surface area contributed by atoms with Crippen LogP contribution >= 0.6 is 11.3 Å². The third-order valence-electron chi connectivity index (χ3n) is 8.35. The van der Waals surface area contributed by atoms with Crippen LogP contribution in [0.3, 0.4) is 0 Å². The fourth-order valence-corrected chi connectivity index (χ4v) is 7.42. The molecule has 0 spiro atoms. The Bertz CT molecular complexity index is 2340. The number of nitrogens with two attached hydrogens (primary N) is 1. The van der Waals surface area contributed by atoms with Gasteiger partial charge < -0.3 is 10.3 Å². The first kappa shape index (κ1) is 26.2. The standard InChI is InChI=1S/C40H29N3S/c41-35(27-12-3-1-4-13-27)25-36(28-14-5-2-6-15-28)42-26-43-37-20-9-7-16-31(37)34-24-29(22-23-38(34)43)30-18-11-19-33-32-17-8-10-21-39(32)44-40(30)33/h1-26,36H,41H2/b35-25-,42-26+. The summed E-state index contributed by atoms with van der Waals surface area (Å²) in [5, 5.41) is 5.04. The van der Waals surface area contributed by atoms with E-state index < -0.39 is 0 Å². The summed E-state index contributed by atoms with van der Waals surface area (Å²) < 4.78 is 4.85. The Labute approximate surface area is 259 Å². The van der Waals surface area contributed by atoms with Crippen LogP contribution in [-0.4, -0.2) is 10.9 Å². The van der Waals surface area contributed by atoms with Gasteiger partial charge >= 0.3 is 0 Å². The lowest BCUT2D eigenvalue weighted by Gasteiger charge is -2.11. The molecule has 0 saturated heterocycles. The molecule has 8 rings (SSSR count). The van der Waals surface area contributed by atoms with Crippen molar-refractivity contribution in [1.29, 1.82) is 0 Å². The molecule has 3 nitrogen and oxygen atoms in total. The summed E-state index contributed by atoms with van der Waals surface area (Å²) in [6.45, 7) is 0. The van der Waals surface area contributed by atoms with Gasteiger partial charge in [-0.3, -0.25) is 4.99 Å². The van der Waals surface area contributed by atoms with Crippen molar-refractivity contribution in [2.75, 3.05) is 0 Å². The fourth-order valence-electron chi connectivity index (χ4n) is 6.18. The quantitative estimate of drug-likeness (QED) is 0.154. The third kappa shape index (κ3) is 4.57. The first-order valence-corrected chi connectivity index (χ1v) is 15.6. The molecule has 0 aliphatic heterocycles. The number of hydrogen-bond acceptors (Lipinski definition) is 3. The van der Waals surface area contributed by atoms with E-state index in [1.807, 2.05) is 72.3 Å². The van der Waals surface area contributed by atoms with Crippen molar-refractivity contribution < 1.29 is 0 Å². The highest BCUT2D eigenvalue weighted by Gasteiger charge is 2.15. The monoisotopic (exact) mass is 583 g/mol. The van der Waals surface area contributed by atoms with E-state index >= 15 is 0 Å². The highest BCUT2D eigenvalue weighted by atomic mass is 32.1. The van der Waals surface area contributed by atoms with Gasteiger partial charge in [0.1, 0.15) is 0 Å². The molecule has 0 bridgehead atoms. The summed E-state index contributed by atoms with van der Waals surface area (Å²) >= 11 is 1.87. The highest BCUT2D eigenvalue weighted by Crippen LogP contribution is 2.41. The molecule has 2 N–H and O–H groups in total. The number of rotatable bonds is 6. The fraction of sp³-hybridized carbons (Fsp3) is 0.0250. The molecule has 0 aliphatic carbocycles. The van der Waals surface area contributed by atoms with Gasteiger partial charge in [-0.15, -0.1) is 11.3 Å². The van der Waals surface area contributed by atoms with Crippen LogP contribution in [-0.2, 0) is 0 Å². The zero-order valence-electron chi connectivity index (χ0n) is 24.0. The van der Waals surface area contributed by atoms with Crippen molar-refractivity contribution in [3.63, 3.8) is 0 Å². The molecule has 0 aliphatic rings. The van der Waals surface area contributed by atoms with Crippen LogP contribution in [0.5, 0.6) is 0 Å². The maximum Gasteiger partial charge on any atom is 0.0970 e. The van der Waals surface area contributed by atoms with Gasteiger partial charge in [0, 0.05) is 36.6 Å². The number of aliphatic imine (C=N–C) groups is 1. The Morgan fingerprint density at radius 3 is 2.16 bits per heavy atom. The summed E-state index contributed by atoms with van der Waals surface area (Å²) in [6.07, 6.45) is 4.00. The van der Waals surface area contributed by atoms with E-state index in [0.717, 1.165) is 22.2 Å². The van der Waals surface area contributed by atoms with Gasteiger partial charge in [0.2, 0.25) is 0 Å². The van der Waals surface area contributed by atoms with Gasteiger partial charge in [-0.1, -0.05) is 121 Å². The van der Waals surface area contributed by atoms with Gasteiger partial charge in [-0.25, -0.2) is 0 Å². The van der Waals surface area contributed by atoms with Crippen LogP contribution in [0.15, 0.2) is 157 Å². The van der Waals surface area contributed by atoms with E-state index in [1.165, 1.54) is 42.1 Å². The minimum absolute atomic E-state index is 0.238. The van der Waals surface area contributed by atoms with Crippen LogP contribution in [0.25, 0.3) is 58.8 Å². The number of aromatic nitrogens is 1. The van der Waals surface area contributed by atoms with E-state index in [4.69, 9.17) is 10.7 Å². The minimum atomic E-state index is -0.238. The number of nitrogens with zero attached hydrogens (tertiary/aromatic N) is 2. The molecule has 2 aromatic heterocycles. The molecule has 210 valence electrons. The molecule has 4 heteroatoms. The van der Waals surface area contributed by atoms with E-state index in [0.29, 0.717) is 5.70 Å². The van der Waals surface area contributed by atoms with E-state index in [-0.39, 0.29) is 6.04 Å². The van der Waals surface area contributed by atoms with Crippen LogP contribution < -0.4 is 5.73 Å².